The second kappa shape index (κ2) is 7.87. The van der Waals surface area contributed by atoms with Gasteiger partial charge in [-0.3, -0.25) is 9.78 Å². The van der Waals surface area contributed by atoms with Crippen molar-refractivity contribution >= 4 is 16.9 Å². The maximum atomic E-state index is 13.1. The molecular formula is C24H24N4O. The lowest BCUT2D eigenvalue weighted by molar-refractivity contribution is 0.0937. The Kier molecular flexibility index (Phi) is 5.12. The number of aromatic nitrogens is 3. The van der Waals surface area contributed by atoms with Gasteiger partial charge in [-0.05, 0) is 56.7 Å². The Bertz CT molecular complexity index is 1160. The lowest BCUT2D eigenvalue weighted by atomic mass is 9.99. The zero-order valence-electron chi connectivity index (χ0n) is 16.9. The number of fused-ring (bicyclic) bond motifs is 1. The Labute approximate surface area is 170 Å². The summed E-state index contributed by atoms with van der Waals surface area (Å²) in [5.41, 5.74) is 5.42. The van der Waals surface area contributed by atoms with Crippen LogP contribution in [0.1, 0.15) is 41.6 Å². The summed E-state index contributed by atoms with van der Waals surface area (Å²) in [4.78, 5) is 22.3. The lowest BCUT2D eigenvalue weighted by Gasteiger charge is -2.17. The molecule has 4 aromatic rings. The number of amides is 1. The van der Waals surface area contributed by atoms with Gasteiger partial charge in [0, 0.05) is 23.9 Å². The molecule has 2 aromatic heterocycles. The number of imidazole rings is 1. The van der Waals surface area contributed by atoms with Crippen LogP contribution in [-0.2, 0) is 6.54 Å². The van der Waals surface area contributed by atoms with Crippen LogP contribution in [0.5, 0.6) is 0 Å². The molecule has 4 rings (SSSR count). The fourth-order valence-corrected chi connectivity index (χ4v) is 3.78. The van der Waals surface area contributed by atoms with Crippen molar-refractivity contribution in [3.63, 3.8) is 0 Å². The van der Waals surface area contributed by atoms with Crippen LogP contribution < -0.4 is 5.32 Å². The number of carbonyl (C=O) groups excluding carboxylic acids is 1. The molecule has 0 unspecified atom stereocenters. The average molecular weight is 384 g/mol. The zero-order chi connectivity index (χ0) is 20.4. The van der Waals surface area contributed by atoms with Gasteiger partial charge in [0.25, 0.3) is 5.91 Å². The maximum Gasteiger partial charge on any atom is 0.252 e. The normalized spacial score (nSPS) is 12.1. The van der Waals surface area contributed by atoms with Crippen LogP contribution in [-0.4, -0.2) is 20.4 Å². The second-order valence-corrected chi connectivity index (χ2v) is 7.09. The number of aryl methyl sites for hydroxylation is 1. The highest BCUT2D eigenvalue weighted by atomic mass is 16.1. The summed E-state index contributed by atoms with van der Waals surface area (Å²) in [7, 11) is 0. The van der Waals surface area contributed by atoms with Gasteiger partial charge in [-0.15, -0.1) is 0 Å². The minimum Gasteiger partial charge on any atom is -0.342 e. The van der Waals surface area contributed by atoms with Gasteiger partial charge >= 0.3 is 0 Å². The summed E-state index contributed by atoms with van der Waals surface area (Å²) in [5.74, 6) is 0.753. The first kappa shape index (κ1) is 18.9. The van der Waals surface area contributed by atoms with Crippen LogP contribution in [0, 0.1) is 6.92 Å². The molecule has 0 bridgehead atoms. The molecule has 1 atom stereocenters. The Morgan fingerprint density at radius 1 is 1.07 bits per heavy atom. The molecule has 2 heterocycles. The Hall–Kier alpha value is -3.47. The van der Waals surface area contributed by atoms with E-state index in [0.29, 0.717) is 5.56 Å². The van der Waals surface area contributed by atoms with Gasteiger partial charge < -0.3 is 9.88 Å². The Morgan fingerprint density at radius 2 is 1.86 bits per heavy atom. The predicted molar refractivity (Wildman–Crippen MR) is 116 cm³/mol. The molecule has 1 N–H and O–H groups in total. The third-order valence-corrected chi connectivity index (χ3v) is 5.25. The van der Waals surface area contributed by atoms with Crippen molar-refractivity contribution in [3.8, 4) is 11.3 Å². The molecule has 29 heavy (non-hydrogen) atoms. The first-order valence-corrected chi connectivity index (χ1v) is 9.87. The molecule has 0 aliphatic rings. The lowest BCUT2D eigenvalue weighted by Crippen LogP contribution is -2.29. The SMILES string of the molecule is CCn1c([C@@H](C)NC(=O)c2cccc(-c3ccccn3)c2C)nc2ccccc21. The summed E-state index contributed by atoms with van der Waals surface area (Å²) < 4.78 is 2.15. The third kappa shape index (κ3) is 3.51. The molecule has 0 saturated heterocycles. The summed E-state index contributed by atoms with van der Waals surface area (Å²) in [5, 5.41) is 3.12. The highest BCUT2D eigenvalue weighted by molar-refractivity contribution is 5.97. The van der Waals surface area contributed by atoms with Crippen LogP contribution >= 0.6 is 0 Å². The van der Waals surface area contributed by atoms with Crippen LogP contribution in [0.2, 0.25) is 0 Å². The standard InChI is InChI=1S/C24H24N4O/c1-4-28-22-14-6-5-13-21(22)27-23(28)17(3)26-24(29)19-11-9-10-18(16(19)2)20-12-7-8-15-25-20/h5-15,17H,4H2,1-3H3,(H,26,29)/t17-/m1/s1. The third-order valence-electron chi connectivity index (χ3n) is 5.25. The van der Waals surface area contributed by atoms with Crippen LogP contribution in [0.4, 0.5) is 0 Å². The van der Waals surface area contributed by atoms with E-state index in [1.165, 1.54) is 0 Å². The minimum atomic E-state index is -0.215. The van der Waals surface area contributed by atoms with Crippen LogP contribution in [0.15, 0.2) is 66.9 Å². The van der Waals surface area contributed by atoms with E-state index in [2.05, 4.69) is 27.9 Å². The highest BCUT2D eigenvalue weighted by Crippen LogP contribution is 2.25. The number of hydrogen-bond donors (Lipinski definition) is 1. The van der Waals surface area contributed by atoms with E-state index in [4.69, 9.17) is 4.98 Å². The largest absolute Gasteiger partial charge is 0.342 e. The van der Waals surface area contributed by atoms with Gasteiger partial charge in [-0.1, -0.05) is 30.3 Å². The molecule has 5 heteroatoms. The van der Waals surface area contributed by atoms with Crippen molar-refractivity contribution in [2.75, 3.05) is 0 Å². The number of para-hydroxylation sites is 2. The van der Waals surface area contributed by atoms with Gasteiger partial charge in [0.15, 0.2) is 0 Å². The van der Waals surface area contributed by atoms with Crippen LogP contribution in [0.25, 0.3) is 22.3 Å². The second-order valence-electron chi connectivity index (χ2n) is 7.09. The van der Waals surface area contributed by atoms with E-state index in [1.807, 2.05) is 68.4 Å². The van der Waals surface area contributed by atoms with Crippen LogP contribution in [0.3, 0.4) is 0 Å². The van der Waals surface area contributed by atoms with Gasteiger partial charge in [0.05, 0.1) is 22.8 Å². The number of pyridine rings is 1. The number of nitrogens with one attached hydrogen (secondary N) is 1. The fraction of sp³-hybridized carbons (Fsp3) is 0.208. The molecule has 146 valence electrons. The summed E-state index contributed by atoms with van der Waals surface area (Å²) in [6.45, 7) is 6.82. The zero-order valence-corrected chi connectivity index (χ0v) is 16.9. The van der Waals surface area contributed by atoms with E-state index in [-0.39, 0.29) is 11.9 Å². The van der Waals surface area contributed by atoms with Gasteiger partial charge in [0.2, 0.25) is 0 Å². The van der Waals surface area contributed by atoms with E-state index < -0.39 is 0 Å². The van der Waals surface area contributed by atoms with Crippen molar-refractivity contribution in [1.82, 2.24) is 19.9 Å². The number of hydrogen-bond acceptors (Lipinski definition) is 3. The van der Waals surface area contributed by atoms with Crippen molar-refractivity contribution in [1.29, 1.82) is 0 Å². The molecule has 0 aliphatic heterocycles. The monoisotopic (exact) mass is 384 g/mol. The Balaban J connectivity index is 1.64. The summed E-state index contributed by atoms with van der Waals surface area (Å²) in [6, 6.07) is 19.4. The molecular weight excluding hydrogens is 360 g/mol. The topological polar surface area (TPSA) is 59.8 Å². The van der Waals surface area contributed by atoms with Crippen molar-refractivity contribution in [2.45, 2.75) is 33.4 Å². The van der Waals surface area contributed by atoms with Crippen molar-refractivity contribution in [3.05, 3.63) is 83.8 Å². The quantitative estimate of drug-likeness (QED) is 0.531. The fourth-order valence-electron chi connectivity index (χ4n) is 3.78. The van der Waals surface area contributed by atoms with Crippen molar-refractivity contribution in [2.24, 2.45) is 0 Å². The van der Waals surface area contributed by atoms with E-state index >= 15 is 0 Å². The van der Waals surface area contributed by atoms with Gasteiger partial charge in [-0.25, -0.2) is 4.98 Å². The van der Waals surface area contributed by atoms with E-state index in [9.17, 15) is 4.79 Å². The first-order chi connectivity index (χ1) is 14.1. The predicted octanol–water partition coefficient (Wildman–Crippen LogP) is 4.92. The summed E-state index contributed by atoms with van der Waals surface area (Å²) in [6.07, 6.45) is 1.76. The number of carbonyl (C=O) groups is 1. The molecule has 1 amide bonds. The molecule has 0 fully saturated rings. The molecule has 2 aromatic carbocycles. The Morgan fingerprint density at radius 3 is 2.62 bits per heavy atom. The molecule has 0 spiro atoms. The van der Waals surface area contributed by atoms with Gasteiger partial charge in [0.1, 0.15) is 5.82 Å². The minimum absolute atomic E-state index is 0.109. The van der Waals surface area contributed by atoms with Gasteiger partial charge in [-0.2, -0.15) is 0 Å². The maximum absolute atomic E-state index is 13.1. The highest BCUT2D eigenvalue weighted by Gasteiger charge is 2.20. The molecule has 0 saturated carbocycles. The van der Waals surface area contributed by atoms with E-state index in [0.717, 1.165) is 40.2 Å². The number of nitrogens with zero attached hydrogens (tertiary/aromatic N) is 3. The molecule has 0 radical (unpaired) electrons. The average Bonchev–Trinajstić information content (AvgIpc) is 3.13. The summed E-state index contributed by atoms with van der Waals surface area (Å²) >= 11 is 0. The first-order valence-electron chi connectivity index (χ1n) is 9.87. The van der Waals surface area contributed by atoms with E-state index in [1.54, 1.807) is 6.20 Å². The molecule has 0 aliphatic carbocycles. The number of rotatable bonds is 5. The number of benzene rings is 2. The van der Waals surface area contributed by atoms with Crippen molar-refractivity contribution < 1.29 is 4.79 Å². The molecule has 5 nitrogen and oxygen atoms in total. The smallest absolute Gasteiger partial charge is 0.252 e.